The second kappa shape index (κ2) is 10.5. The lowest BCUT2D eigenvalue weighted by Crippen LogP contribution is -2.56. The van der Waals surface area contributed by atoms with E-state index >= 15 is 0 Å². The third-order valence-corrected chi connectivity index (χ3v) is 10.6. The summed E-state index contributed by atoms with van der Waals surface area (Å²) in [5.41, 5.74) is 0.992. The highest BCUT2D eigenvalue weighted by Gasteiger charge is 2.57. The summed E-state index contributed by atoms with van der Waals surface area (Å²) in [5, 5.41) is 0. The van der Waals surface area contributed by atoms with Crippen LogP contribution in [0.25, 0.3) is 11.3 Å². The molecule has 2 aliphatic carbocycles. The molecule has 2 saturated carbocycles. The van der Waals surface area contributed by atoms with Crippen molar-refractivity contribution in [3.63, 3.8) is 0 Å². The lowest BCUT2D eigenvalue weighted by atomic mass is 9.74. The Morgan fingerprint density at radius 3 is 2.32 bits per heavy atom. The van der Waals surface area contributed by atoms with Crippen LogP contribution in [0.15, 0.2) is 53.4 Å². The SMILES string of the molecule is Cc1cccc(C)c1-c1cc2nc(n1)NS(=O)(=O)c1cccc(c1)C(=O)N(C1CC3(CC3)C1)C(CC(C)(C)C(F)(F)F)CO2. The van der Waals surface area contributed by atoms with Gasteiger partial charge in [0.1, 0.15) is 6.61 Å². The summed E-state index contributed by atoms with van der Waals surface area (Å²) in [7, 11) is -4.25. The van der Waals surface area contributed by atoms with Crippen LogP contribution in [0.1, 0.15) is 67.4 Å². The standard InChI is InChI=1S/C32H35F3N4O4S/c1-19-7-5-8-20(2)27(19)25-14-26-37-29(36-25)38-44(41,42)24-10-6-9-21(13-24)28(40)39(22-16-31(17-22)11-12-31)23(18-43-26)15-30(3,4)32(33,34)35/h5-10,13-14,22-23H,11-12,15-18H2,1-4H3,(H,36,37,38). The lowest BCUT2D eigenvalue weighted by Gasteiger charge is -2.48. The third kappa shape index (κ3) is 5.64. The molecular weight excluding hydrogens is 593 g/mol. The molecule has 2 aromatic carbocycles. The molecule has 4 bridgehead atoms. The molecule has 6 rings (SSSR count). The van der Waals surface area contributed by atoms with Crippen molar-refractivity contribution in [1.29, 1.82) is 0 Å². The van der Waals surface area contributed by atoms with Crippen LogP contribution in [0.3, 0.4) is 0 Å². The Kier molecular flexibility index (Phi) is 7.22. The monoisotopic (exact) mass is 628 g/mol. The van der Waals surface area contributed by atoms with E-state index in [1.165, 1.54) is 29.2 Å². The predicted octanol–water partition coefficient (Wildman–Crippen LogP) is 6.69. The molecular formula is C32H35F3N4O4S. The van der Waals surface area contributed by atoms with Crippen molar-refractivity contribution < 1.29 is 31.1 Å². The van der Waals surface area contributed by atoms with Gasteiger partial charge in [0.2, 0.25) is 11.8 Å². The van der Waals surface area contributed by atoms with Gasteiger partial charge in [0.05, 0.1) is 22.0 Å². The maximum absolute atomic E-state index is 14.3. The average Bonchev–Trinajstić information content (AvgIpc) is 3.71. The Morgan fingerprint density at radius 2 is 1.68 bits per heavy atom. The molecule has 1 N–H and O–H groups in total. The number of sulfonamides is 1. The van der Waals surface area contributed by atoms with Crippen LogP contribution in [-0.2, 0) is 10.0 Å². The van der Waals surface area contributed by atoms with Gasteiger partial charge in [-0.05, 0) is 80.7 Å². The zero-order valence-electron chi connectivity index (χ0n) is 25.0. The number of rotatable bonds is 4. The first-order chi connectivity index (χ1) is 20.6. The minimum absolute atomic E-state index is 0.0178. The summed E-state index contributed by atoms with van der Waals surface area (Å²) in [5.74, 6) is -0.798. The van der Waals surface area contributed by atoms with Crippen LogP contribution in [-0.4, -0.2) is 54.1 Å². The van der Waals surface area contributed by atoms with E-state index in [-0.39, 0.29) is 40.4 Å². The second-order valence-electron chi connectivity index (χ2n) is 13.1. The van der Waals surface area contributed by atoms with Crippen molar-refractivity contribution in [2.75, 3.05) is 11.3 Å². The van der Waals surface area contributed by atoms with Gasteiger partial charge in [-0.2, -0.15) is 18.2 Å². The van der Waals surface area contributed by atoms with E-state index in [0.717, 1.165) is 43.4 Å². The van der Waals surface area contributed by atoms with Crippen molar-refractivity contribution >= 4 is 21.9 Å². The van der Waals surface area contributed by atoms with E-state index in [4.69, 9.17) is 4.74 Å². The number of carbonyl (C=O) groups excluding carboxylic acids is 1. The molecule has 0 saturated heterocycles. The number of anilines is 1. The molecule has 1 aromatic heterocycles. The quantitative estimate of drug-likeness (QED) is 0.346. The van der Waals surface area contributed by atoms with Crippen molar-refractivity contribution in [2.45, 2.75) is 83.0 Å². The second-order valence-corrected chi connectivity index (χ2v) is 14.8. The fourth-order valence-electron chi connectivity index (χ4n) is 6.49. The highest BCUT2D eigenvalue weighted by atomic mass is 32.2. The van der Waals surface area contributed by atoms with E-state index in [2.05, 4.69) is 14.7 Å². The van der Waals surface area contributed by atoms with Gasteiger partial charge in [-0.25, -0.2) is 18.1 Å². The van der Waals surface area contributed by atoms with Gasteiger partial charge in [0.15, 0.2) is 0 Å². The predicted molar refractivity (Wildman–Crippen MR) is 159 cm³/mol. The van der Waals surface area contributed by atoms with Crippen molar-refractivity contribution in [2.24, 2.45) is 10.8 Å². The summed E-state index contributed by atoms with van der Waals surface area (Å²) in [6.07, 6.45) is -1.50. The number of fused-ring (bicyclic) bond motifs is 4. The van der Waals surface area contributed by atoms with E-state index in [1.807, 2.05) is 32.0 Å². The molecule has 234 valence electrons. The Hall–Kier alpha value is -3.67. The van der Waals surface area contributed by atoms with Crippen LogP contribution in [0.2, 0.25) is 0 Å². The van der Waals surface area contributed by atoms with Gasteiger partial charge in [-0.1, -0.05) is 38.1 Å². The van der Waals surface area contributed by atoms with Gasteiger partial charge in [-0.3, -0.25) is 4.79 Å². The molecule has 1 aliphatic heterocycles. The number of nitrogens with one attached hydrogen (secondary N) is 1. The van der Waals surface area contributed by atoms with Gasteiger partial charge in [0.25, 0.3) is 15.9 Å². The minimum Gasteiger partial charge on any atom is -0.475 e. The molecule has 1 atom stereocenters. The zero-order chi connectivity index (χ0) is 31.7. The number of alkyl halides is 3. The molecule has 44 heavy (non-hydrogen) atoms. The molecule has 8 nitrogen and oxygen atoms in total. The molecule has 3 aromatic rings. The minimum atomic E-state index is -4.53. The van der Waals surface area contributed by atoms with Gasteiger partial charge >= 0.3 is 6.18 Å². The largest absolute Gasteiger partial charge is 0.475 e. The van der Waals surface area contributed by atoms with E-state index < -0.39 is 40.0 Å². The van der Waals surface area contributed by atoms with Gasteiger partial charge < -0.3 is 9.64 Å². The maximum atomic E-state index is 14.3. The highest BCUT2D eigenvalue weighted by Crippen LogP contribution is 2.62. The first-order valence-corrected chi connectivity index (χ1v) is 16.2. The molecule has 1 unspecified atom stereocenters. The third-order valence-electron chi connectivity index (χ3n) is 9.31. The molecule has 2 fully saturated rings. The number of hydrogen-bond acceptors (Lipinski definition) is 6. The molecule has 2 heterocycles. The number of halogens is 3. The number of ether oxygens (including phenoxy) is 1. The summed E-state index contributed by atoms with van der Waals surface area (Å²) in [4.78, 5) is 24.3. The molecule has 3 aliphatic rings. The average molecular weight is 629 g/mol. The van der Waals surface area contributed by atoms with E-state index in [9.17, 15) is 26.4 Å². The van der Waals surface area contributed by atoms with Crippen LogP contribution in [0, 0.1) is 24.7 Å². The molecule has 12 heteroatoms. The topological polar surface area (TPSA) is 101 Å². The normalized spacial score (nSPS) is 21.3. The molecule has 0 radical (unpaired) electrons. The number of nitrogens with zero attached hydrogens (tertiary/aromatic N) is 3. The van der Waals surface area contributed by atoms with Crippen LogP contribution in [0.4, 0.5) is 19.1 Å². The van der Waals surface area contributed by atoms with E-state index in [0.29, 0.717) is 18.5 Å². The Balaban J connectivity index is 1.50. The lowest BCUT2D eigenvalue weighted by molar-refractivity contribution is -0.218. The number of benzene rings is 2. The number of aromatic nitrogens is 2. The highest BCUT2D eigenvalue weighted by molar-refractivity contribution is 7.92. The van der Waals surface area contributed by atoms with Gasteiger partial charge in [0, 0.05) is 23.2 Å². The number of amides is 1. The number of aryl methyl sites for hydroxylation is 2. The molecule has 1 spiro atoms. The Morgan fingerprint density at radius 1 is 1.02 bits per heavy atom. The first-order valence-electron chi connectivity index (χ1n) is 14.7. The number of hydrogen-bond donors (Lipinski definition) is 1. The maximum Gasteiger partial charge on any atom is 0.394 e. The summed E-state index contributed by atoms with van der Waals surface area (Å²) in [6, 6.07) is 11.5. The molecule has 1 amide bonds. The Bertz CT molecular complexity index is 1710. The van der Waals surface area contributed by atoms with E-state index in [1.54, 1.807) is 6.07 Å². The first kappa shape index (κ1) is 30.4. The fourth-order valence-corrected chi connectivity index (χ4v) is 7.48. The summed E-state index contributed by atoms with van der Waals surface area (Å²) in [6.45, 7) is 5.77. The van der Waals surface area contributed by atoms with Crippen LogP contribution >= 0.6 is 0 Å². The summed E-state index contributed by atoms with van der Waals surface area (Å²) >= 11 is 0. The van der Waals surface area contributed by atoms with Crippen molar-refractivity contribution in [3.8, 4) is 17.1 Å². The van der Waals surface area contributed by atoms with Crippen molar-refractivity contribution in [3.05, 3.63) is 65.2 Å². The van der Waals surface area contributed by atoms with Crippen LogP contribution in [0.5, 0.6) is 5.88 Å². The zero-order valence-corrected chi connectivity index (χ0v) is 25.8. The fraction of sp³-hybridized carbons (Fsp3) is 0.469. The van der Waals surface area contributed by atoms with Gasteiger partial charge in [-0.15, -0.1) is 0 Å². The summed E-state index contributed by atoms with van der Waals surface area (Å²) < 4.78 is 78.3. The van der Waals surface area contributed by atoms with Crippen LogP contribution < -0.4 is 9.46 Å². The Labute approximate surface area is 255 Å². The number of carbonyl (C=O) groups is 1. The smallest absolute Gasteiger partial charge is 0.394 e. The van der Waals surface area contributed by atoms with Crippen molar-refractivity contribution in [1.82, 2.24) is 14.9 Å².